The average Bonchev–Trinajstić information content (AvgIpc) is 3.30. The second kappa shape index (κ2) is 11.9. The predicted molar refractivity (Wildman–Crippen MR) is 135 cm³/mol. The van der Waals surface area contributed by atoms with Gasteiger partial charge in [0.2, 0.25) is 5.91 Å². The van der Waals surface area contributed by atoms with Crippen LogP contribution in [0.25, 0.3) is 5.69 Å². The molecule has 8 heteroatoms. The van der Waals surface area contributed by atoms with E-state index in [0.717, 1.165) is 28.5 Å². The molecule has 1 amide bonds. The van der Waals surface area contributed by atoms with Crippen molar-refractivity contribution >= 4 is 23.4 Å². The van der Waals surface area contributed by atoms with E-state index in [2.05, 4.69) is 20.8 Å². The SMILES string of the molecule is CCOc1ccc(NCc2nnc(SCC(=O)NCc3ccccc3)n2-c2ccccc2)cc1. The van der Waals surface area contributed by atoms with Gasteiger partial charge in [-0.25, -0.2) is 0 Å². The van der Waals surface area contributed by atoms with Crippen LogP contribution in [0.15, 0.2) is 90.1 Å². The number of hydrogen-bond acceptors (Lipinski definition) is 6. The minimum atomic E-state index is -0.0504. The number of thioether (sulfide) groups is 1. The molecule has 0 aliphatic carbocycles. The molecule has 0 saturated heterocycles. The van der Waals surface area contributed by atoms with E-state index >= 15 is 0 Å². The molecular formula is C26H27N5O2S. The molecule has 2 N–H and O–H groups in total. The van der Waals surface area contributed by atoms with Gasteiger partial charge in [0.15, 0.2) is 11.0 Å². The molecule has 0 aliphatic rings. The van der Waals surface area contributed by atoms with E-state index in [4.69, 9.17) is 4.74 Å². The van der Waals surface area contributed by atoms with E-state index in [1.807, 2.05) is 96.4 Å². The lowest BCUT2D eigenvalue weighted by molar-refractivity contribution is -0.118. The van der Waals surface area contributed by atoms with Crippen LogP contribution in [0, 0.1) is 0 Å². The zero-order chi connectivity index (χ0) is 23.6. The van der Waals surface area contributed by atoms with Gasteiger partial charge in [0.25, 0.3) is 0 Å². The summed E-state index contributed by atoms with van der Waals surface area (Å²) >= 11 is 1.37. The van der Waals surface area contributed by atoms with Gasteiger partial charge in [0.05, 0.1) is 18.9 Å². The molecule has 1 aromatic heterocycles. The lowest BCUT2D eigenvalue weighted by Crippen LogP contribution is -2.24. The molecule has 0 bridgehead atoms. The number of amides is 1. The highest BCUT2D eigenvalue weighted by atomic mass is 32.2. The van der Waals surface area contributed by atoms with E-state index in [-0.39, 0.29) is 11.7 Å². The summed E-state index contributed by atoms with van der Waals surface area (Å²) in [6.07, 6.45) is 0. The Morgan fingerprint density at radius 2 is 1.62 bits per heavy atom. The number of anilines is 1. The Hall–Kier alpha value is -3.78. The van der Waals surface area contributed by atoms with Crippen molar-refractivity contribution in [3.63, 3.8) is 0 Å². The van der Waals surface area contributed by atoms with Crippen molar-refractivity contribution in [1.29, 1.82) is 0 Å². The molecule has 174 valence electrons. The third-order valence-corrected chi connectivity index (χ3v) is 5.92. The summed E-state index contributed by atoms with van der Waals surface area (Å²) in [6, 6.07) is 27.6. The van der Waals surface area contributed by atoms with Gasteiger partial charge in [-0.1, -0.05) is 60.3 Å². The third kappa shape index (κ3) is 6.39. The van der Waals surface area contributed by atoms with Crippen LogP contribution in [0.5, 0.6) is 5.75 Å². The number of benzene rings is 3. The summed E-state index contributed by atoms with van der Waals surface area (Å²) in [5, 5.41) is 15.8. The van der Waals surface area contributed by atoms with Crippen molar-refractivity contribution in [3.8, 4) is 11.4 Å². The Labute approximate surface area is 203 Å². The highest BCUT2D eigenvalue weighted by Crippen LogP contribution is 2.23. The van der Waals surface area contributed by atoms with Crippen LogP contribution in [-0.2, 0) is 17.9 Å². The Kier molecular flexibility index (Phi) is 8.18. The molecule has 0 atom stereocenters. The van der Waals surface area contributed by atoms with E-state index in [1.165, 1.54) is 11.8 Å². The first-order valence-corrected chi connectivity index (χ1v) is 12.1. The summed E-state index contributed by atoms with van der Waals surface area (Å²) in [5.74, 6) is 1.80. The molecule has 0 fully saturated rings. The predicted octanol–water partition coefficient (Wildman–Crippen LogP) is 4.69. The van der Waals surface area contributed by atoms with Crippen molar-refractivity contribution in [1.82, 2.24) is 20.1 Å². The maximum absolute atomic E-state index is 12.4. The van der Waals surface area contributed by atoms with E-state index in [1.54, 1.807) is 0 Å². The highest BCUT2D eigenvalue weighted by Gasteiger charge is 2.16. The quantitative estimate of drug-likeness (QED) is 0.308. The maximum Gasteiger partial charge on any atom is 0.230 e. The fourth-order valence-electron chi connectivity index (χ4n) is 3.34. The molecule has 1 heterocycles. The summed E-state index contributed by atoms with van der Waals surface area (Å²) in [7, 11) is 0. The second-order valence-electron chi connectivity index (χ2n) is 7.43. The lowest BCUT2D eigenvalue weighted by atomic mass is 10.2. The van der Waals surface area contributed by atoms with Crippen LogP contribution in [0.1, 0.15) is 18.3 Å². The minimum absolute atomic E-state index is 0.0504. The lowest BCUT2D eigenvalue weighted by Gasteiger charge is -2.12. The first-order valence-electron chi connectivity index (χ1n) is 11.1. The number of rotatable bonds is 11. The molecule has 7 nitrogen and oxygen atoms in total. The van der Waals surface area contributed by atoms with Crippen LogP contribution in [0.2, 0.25) is 0 Å². The molecule has 0 unspecified atom stereocenters. The third-order valence-electron chi connectivity index (χ3n) is 5.00. The van der Waals surface area contributed by atoms with Crippen LogP contribution in [0.4, 0.5) is 5.69 Å². The van der Waals surface area contributed by atoms with Crippen molar-refractivity contribution in [2.24, 2.45) is 0 Å². The van der Waals surface area contributed by atoms with Gasteiger partial charge in [0, 0.05) is 17.9 Å². The van der Waals surface area contributed by atoms with Gasteiger partial charge in [-0.05, 0) is 48.9 Å². The molecular weight excluding hydrogens is 446 g/mol. The molecule has 4 rings (SSSR count). The number of carbonyl (C=O) groups excluding carboxylic acids is 1. The largest absolute Gasteiger partial charge is 0.494 e. The molecule has 0 radical (unpaired) electrons. The van der Waals surface area contributed by atoms with Gasteiger partial charge in [0.1, 0.15) is 5.75 Å². The van der Waals surface area contributed by atoms with Crippen LogP contribution in [0.3, 0.4) is 0 Å². The number of nitrogens with one attached hydrogen (secondary N) is 2. The topological polar surface area (TPSA) is 81.1 Å². The Morgan fingerprint density at radius 3 is 2.32 bits per heavy atom. The Balaban J connectivity index is 1.42. The smallest absolute Gasteiger partial charge is 0.230 e. The summed E-state index contributed by atoms with van der Waals surface area (Å²) < 4.78 is 7.49. The molecule has 0 saturated carbocycles. The molecule has 3 aromatic carbocycles. The molecule has 0 aliphatic heterocycles. The van der Waals surface area contributed by atoms with Crippen LogP contribution >= 0.6 is 11.8 Å². The van der Waals surface area contributed by atoms with Gasteiger partial charge in [-0.15, -0.1) is 10.2 Å². The van der Waals surface area contributed by atoms with Crippen molar-refractivity contribution in [3.05, 3.63) is 96.3 Å². The number of ether oxygens (including phenoxy) is 1. The molecule has 0 spiro atoms. The van der Waals surface area contributed by atoms with Gasteiger partial charge < -0.3 is 15.4 Å². The number of nitrogens with zero attached hydrogens (tertiary/aromatic N) is 3. The number of hydrogen-bond donors (Lipinski definition) is 2. The van der Waals surface area contributed by atoms with Gasteiger partial charge >= 0.3 is 0 Å². The first-order chi connectivity index (χ1) is 16.7. The minimum Gasteiger partial charge on any atom is -0.494 e. The van der Waals surface area contributed by atoms with Crippen molar-refractivity contribution in [2.45, 2.75) is 25.2 Å². The van der Waals surface area contributed by atoms with Gasteiger partial charge in [-0.3, -0.25) is 9.36 Å². The standard InChI is InChI=1S/C26H27N5O2S/c1-2-33-23-15-13-21(14-16-23)27-18-24-29-30-26(31(24)22-11-7-4-8-12-22)34-19-25(32)28-17-20-9-5-3-6-10-20/h3-16,27H,2,17-19H2,1H3,(H,28,32). The van der Waals surface area contributed by atoms with E-state index < -0.39 is 0 Å². The average molecular weight is 474 g/mol. The Bertz CT molecular complexity index is 1180. The maximum atomic E-state index is 12.4. The molecule has 4 aromatic rings. The van der Waals surface area contributed by atoms with Crippen molar-refractivity contribution < 1.29 is 9.53 Å². The fraction of sp³-hybridized carbons (Fsp3) is 0.192. The number of aromatic nitrogens is 3. The van der Waals surface area contributed by atoms with Gasteiger partial charge in [-0.2, -0.15) is 0 Å². The number of carbonyl (C=O) groups is 1. The van der Waals surface area contributed by atoms with E-state index in [0.29, 0.717) is 24.9 Å². The zero-order valence-corrected chi connectivity index (χ0v) is 19.8. The highest BCUT2D eigenvalue weighted by molar-refractivity contribution is 7.99. The zero-order valence-electron chi connectivity index (χ0n) is 19.0. The van der Waals surface area contributed by atoms with E-state index in [9.17, 15) is 4.79 Å². The van der Waals surface area contributed by atoms with Crippen molar-refractivity contribution in [2.75, 3.05) is 17.7 Å². The molecule has 34 heavy (non-hydrogen) atoms. The summed E-state index contributed by atoms with van der Waals surface area (Å²) in [5.41, 5.74) is 2.97. The number of para-hydroxylation sites is 1. The first kappa shape index (κ1) is 23.4. The summed E-state index contributed by atoms with van der Waals surface area (Å²) in [6.45, 7) is 3.59. The normalized spacial score (nSPS) is 10.6. The van der Waals surface area contributed by atoms with Crippen LogP contribution in [-0.4, -0.2) is 33.0 Å². The fourth-order valence-corrected chi connectivity index (χ4v) is 4.14. The second-order valence-corrected chi connectivity index (χ2v) is 8.37. The summed E-state index contributed by atoms with van der Waals surface area (Å²) in [4.78, 5) is 12.4. The monoisotopic (exact) mass is 473 g/mol. The van der Waals surface area contributed by atoms with Crippen LogP contribution < -0.4 is 15.4 Å². The Morgan fingerprint density at radius 1 is 0.912 bits per heavy atom.